The number of nitrogens with zero attached hydrogens (tertiary/aromatic N) is 1. The molecule has 0 saturated carbocycles. The zero-order valence-corrected chi connectivity index (χ0v) is 8.69. The second kappa shape index (κ2) is 6.37. The number of amides is 1. The molecule has 0 spiro atoms. The van der Waals surface area contributed by atoms with Crippen LogP contribution in [0.15, 0.2) is 0 Å². The highest BCUT2D eigenvalue weighted by atomic mass is 16.4. The van der Waals surface area contributed by atoms with E-state index in [1.165, 1.54) is 0 Å². The third-order valence-electron chi connectivity index (χ3n) is 2.20. The largest absolute Gasteiger partial charge is 0.480 e. The molecule has 1 atom stereocenters. The van der Waals surface area contributed by atoms with Crippen molar-refractivity contribution in [2.45, 2.75) is 32.7 Å². The van der Waals surface area contributed by atoms with Crippen molar-refractivity contribution >= 4 is 11.9 Å². The van der Waals surface area contributed by atoms with Crippen molar-refractivity contribution in [3.05, 3.63) is 0 Å². The molecule has 0 rings (SSSR count). The Bertz CT molecular complexity index is 206. The Morgan fingerprint density at radius 2 is 2.07 bits per heavy atom. The first-order valence-electron chi connectivity index (χ1n) is 4.71. The summed E-state index contributed by atoms with van der Waals surface area (Å²) >= 11 is 0. The maximum absolute atomic E-state index is 10.5. The van der Waals surface area contributed by atoms with Gasteiger partial charge in [0.1, 0.15) is 0 Å². The van der Waals surface area contributed by atoms with Gasteiger partial charge in [-0.25, -0.2) is 0 Å². The molecule has 0 saturated heterocycles. The predicted octanol–water partition coefficient (Wildman–Crippen LogP) is 0.0469. The zero-order valence-electron chi connectivity index (χ0n) is 8.69. The monoisotopic (exact) mass is 202 g/mol. The number of primary amides is 1. The summed E-state index contributed by atoms with van der Waals surface area (Å²) in [5.41, 5.74) is 5.00. The van der Waals surface area contributed by atoms with Crippen LogP contribution in [0.2, 0.25) is 0 Å². The highest BCUT2D eigenvalue weighted by Gasteiger charge is 2.15. The maximum Gasteiger partial charge on any atom is 0.317 e. The van der Waals surface area contributed by atoms with Crippen LogP contribution in [0.4, 0.5) is 0 Å². The minimum absolute atomic E-state index is 0.0394. The molecule has 1 unspecified atom stereocenters. The van der Waals surface area contributed by atoms with Crippen LogP contribution in [0.5, 0.6) is 0 Å². The maximum atomic E-state index is 10.5. The van der Waals surface area contributed by atoms with Crippen molar-refractivity contribution in [2.75, 3.05) is 13.1 Å². The van der Waals surface area contributed by atoms with Crippen LogP contribution in [-0.4, -0.2) is 41.0 Å². The number of aliphatic carboxylic acids is 1. The third kappa shape index (κ3) is 5.53. The average molecular weight is 202 g/mol. The molecule has 0 bridgehead atoms. The third-order valence-corrected chi connectivity index (χ3v) is 2.20. The minimum atomic E-state index is -0.880. The number of hydrogen-bond acceptors (Lipinski definition) is 3. The van der Waals surface area contributed by atoms with Crippen LogP contribution >= 0.6 is 0 Å². The summed E-state index contributed by atoms with van der Waals surface area (Å²) in [5.74, 6) is -1.28. The van der Waals surface area contributed by atoms with Crippen molar-refractivity contribution in [1.82, 2.24) is 4.90 Å². The highest BCUT2D eigenvalue weighted by molar-refractivity contribution is 5.74. The first-order valence-corrected chi connectivity index (χ1v) is 4.71. The lowest BCUT2D eigenvalue weighted by Gasteiger charge is -2.25. The molecule has 0 aliphatic rings. The minimum Gasteiger partial charge on any atom is -0.480 e. The Kier molecular flexibility index (Phi) is 5.87. The zero-order chi connectivity index (χ0) is 11.1. The number of rotatable bonds is 7. The lowest BCUT2D eigenvalue weighted by Crippen LogP contribution is -2.39. The number of carboxylic acid groups (broad SMARTS) is 1. The molecule has 0 aromatic carbocycles. The molecule has 14 heavy (non-hydrogen) atoms. The van der Waals surface area contributed by atoms with Gasteiger partial charge in [0.25, 0.3) is 0 Å². The summed E-state index contributed by atoms with van der Waals surface area (Å²) in [7, 11) is 0. The van der Waals surface area contributed by atoms with Gasteiger partial charge < -0.3 is 10.8 Å². The van der Waals surface area contributed by atoms with Crippen LogP contribution in [0.3, 0.4) is 0 Å². The van der Waals surface area contributed by atoms with E-state index >= 15 is 0 Å². The fraction of sp³-hybridized carbons (Fsp3) is 0.778. The summed E-state index contributed by atoms with van der Waals surface area (Å²) in [4.78, 5) is 22.8. The van der Waals surface area contributed by atoms with Gasteiger partial charge in [0.2, 0.25) is 5.91 Å². The van der Waals surface area contributed by atoms with Gasteiger partial charge >= 0.3 is 5.97 Å². The van der Waals surface area contributed by atoms with Crippen LogP contribution in [-0.2, 0) is 9.59 Å². The van der Waals surface area contributed by atoms with Crippen LogP contribution in [0.25, 0.3) is 0 Å². The Morgan fingerprint density at radius 3 is 2.43 bits per heavy atom. The Labute approximate surface area is 83.9 Å². The first-order chi connectivity index (χ1) is 6.47. The van der Waals surface area contributed by atoms with Gasteiger partial charge in [-0.1, -0.05) is 6.92 Å². The predicted molar refractivity (Wildman–Crippen MR) is 52.8 cm³/mol. The first kappa shape index (κ1) is 12.9. The number of hydrogen-bond donors (Lipinski definition) is 2. The van der Waals surface area contributed by atoms with Crippen LogP contribution in [0, 0.1) is 0 Å². The lowest BCUT2D eigenvalue weighted by atomic mass is 10.2. The van der Waals surface area contributed by atoms with E-state index in [9.17, 15) is 9.59 Å². The van der Waals surface area contributed by atoms with Gasteiger partial charge in [-0.15, -0.1) is 0 Å². The fourth-order valence-electron chi connectivity index (χ4n) is 1.14. The van der Waals surface area contributed by atoms with E-state index in [0.29, 0.717) is 6.54 Å². The molecule has 0 fully saturated rings. The van der Waals surface area contributed by atoms with Gasteiger partial charge in [-0.3, -0.25) is 14.5 Å². The summed E-state index contributed by atoms with van der Waals surface area (Å²) in [6, 6.07) is 0.158. The quantitative estimate of drug-likeness (QED) is 0.611. The van der Waals surface area contributed by atoms with Gasteiger partial charge in [0.05, 0.1) is 6.54 Å². The van der Waals surface area contributed by atoms with Crippen molar-refractivity contribution in [1.29, 1.82) is 0 Å². The van der Waals surface area contributed by atoms with E-state index < -0.39 is 11.9 Å². The summed E-state index contributed by atoms with van der Waals surface area (Å²) in [6.07, 6.45) is 1.06. The Hall–Kier alpha value is -1.10. The van der Waals surface area contributed by atoms with E-state index in [1.807, 2.05) is 13.8 Å². The normalized spacial score (nSPS) is 12.8. The standard InChI is InChI=1S/C9H18N2O3/c1-3-7(2)11(6-9(13)14)5-4-8(10)12/h7H,3-6H2,1-2H3,(H2,10,12)(H,13,14). The summed E-state index contributed by atoms with van der Waals surface area (Å²) in [6.45, 7) is 4.28. The van der Waals surface area contributed by atoms with E-state index in [0.717, 1.165) is 6.42 Å². The smallest absolute Gasteiger partial charge is 0.317 e. The molecule has 0 aliphatic heterocycles. The van der Waals surface area contributed by atoms with E-state index in [1.54, 1.807) is 4.90 Å². The molecule has 5 nitrogen and oxygen atoms in total. The second-order valence-corrected chi connectivity index (χ2v) is 3.34. The van der Waals surface area contributed by atoms with Crippen molar-refractivity contribution in [2.24, 2.45) is 5.73 Å². The Morgan fingerprint density at radius 1 is 1.50 bits per heavy atom. The molecule has 5 heteroatoms. The molecule has 82 valence electrons. The molecule has 0 aromatic heterocycles. The fourth-order valence-corrected chi connectivity index (χ4v) is 1.14. The lowest BCUT2D eigenvalue weighted by molar-refractivity contribution is -0.139. The molecule has 0 aromatic rings. The van der Waals surface area contributed by atoms with Crippen molar-refractivity contribution in [3.8, 4) is 0 Å². The van der Waals surface area contributed by atoms with E-state index in [-0.39, 0.29) is 19.0 Å². The van der Waals surface area contributed by atoms with Gasteiger partial charge in [0, 0.05) is 19.0 Å². The van der Waals surface area contributed by atoms with Gasteiger partial charge in [-0.05, 0) is 13.3 Å². The molecule has 0 aliphatic carbocycles. The molecule has 0 radical (unpaired) electrons. The van der Waals surface area contributed by atoms with Crippen molar-refractivity contribution in [3.63, 3.8) is 0 Å². The topological polar surface area (TPSA) is 83.6 Å². The number of carbonyl (C=O) groups excluding carboxylic acids is 1. The molecule has 1 amide bonds. The average Bonchev–Trinajstić information content (AvgIpc) is 2.10. The molecule has 3 N–H and O–H groups in total. The summed E-state index contributed by atoms with van der Waals surface area (Å²) < 4.78 is 0. The SMILES string of the molecule is CCC(C)N(CCC(N)=O)CC(=O)O. The molecular weight excluding hydrogens is 184 g/mol. The van der Waals surface area contributed by atoms with Crippen molar-refractivity contribution < 1.29 is 14.7 Å². The number of nitrogens with two attached hydrogens (primary N) is 1. The number of carboxylic acids is 1. The van der Waals surface area contributed by atoms with Crippen LogP contribution in [0.1, 0.15) is 26.7 Å². The second-order valence-electron chi connectivity index (χ2n) is 3.34. The van der Waals surface area contributed by atoms with Gasteiger partial charge in [0.15, 0.2) is 0 Å². The molecule has 0 heterocycles. The Balaban J connectivity index is 4.09. The highest BCUT2D eigenvalue weighted by Crippen LogP contribution is 2.03. The summed E-state index contributed by atoms with van der Waals surface area (Å²) in [5, 5.41) is 8.64. The van der Waals surface area contributed by atoms with E-state index in [4.69, 9.17) is 10.8 Å². The van der Waals surface area contributed by atoms with Gasteiger partial charge in [-0.2, -0.15) is 0 Å². The number of carbonyl (C=O) groups is 2. The van der Waals surface area contributed by atoms with Crippen LogP contribution < -0.4 is 5.73 Å². The molecular formula is C9H18N2O3. The van der Waals surface area contributed by atoms with E-state index in [2.05, 4.69) is 0 Å².